The molecule has 0 saturated carbocycles. The molecule has 1 aliphatic heterocycles. The maximum atomic E-state index is 12.9. The number of benzene rings is 1. The van der Waals surface area contributed by atoms with Crippen LogP contribution in [0, 0.1) is 5.82 Å². The second-order valence-corrected chi connectivity index (χ2v) is 6.44. The standard InChI is InChI=1S/C19H24FN3O4/c1-25-12-10-18(24)23-11-3-2-4-16(23)19-21-17(22-27-19)9-13-26-15-7-5-14(20)6-8-15/h5-8,16H,2-4,9-13H2,1H3. The second-order valence-electron chi connectivity index (χ2n) is 6.44. The number of rotatable bonds is 8. The maximum absolute atomic E-state index is 12.9. The van der Waals surface area contributed by atoms with Gasteiger partial charge in [0, 0.05) is 20.1 Å². The summed E-state index contributed by atoms with van der Waals surface area (Å²) in [4.78, 5) is 18.7. The van der Waals surface area contributed by atoms with E-state index in [4.69, 9.17) is 14.0 Å². The van der Waals surface area contributed by atoms with Crippen molar-refractivity contribution in [2.75, 3.05) is 26.9 Å². The summed E-state index contributed by atoms with van der Waals surface area (Å²) in [5.74, 6) is 1.32. The van der Waals surface area contributed by atoms with E-state index in [2.05, 4.69) is 10.1 Å². The molecule has 0 bridgehead atoms. The van der Waals surface area contributed by atoms with E-state index in [0.29, 0.717) is 50.1 Å². The minimum absolute atomic E-state index is 0.0425. The smallest absolute Gasteiger partial charge is 0.249 e. The number of aromatic nitrogens is 2. The molecule has 0 N–H and O–H groups in total. The van der Waals surface area contributed by atoms with Crippen LogP contribution in [0.5, 0.6) is 5.75 Å². The fourth-order valence-electron chi connectivity index (χ4n) is 3.12. The van der Waals surface area contributed by atoms with Crippen molar-refractivity contribution in [2.24, 2.45) is 0 Å². The molecule has 1 amide bonds. The van der Waals surface area contributed by atoms with Gasteiger partial charge in [-0.05, 0) is 43.5 Å². The molecule has 1 atom stereocenters. The third kappa shape index (κ3) is 5.26. The lowest BCUT2D eigenvalue weighted by molar-refractivity contribution is -0.136. The van der Waals surface area contributed by atoms with Gasteiger partial charge in [0.1, 0.15) is 17.6 Å². The number of carbonyl (C=O) groups is 1. The average Bonchev–Trinajstić information content (AvgIpc) is 3.16. The molecule has 1 aliphatic rings. The van der Waals surface area contributed by atoms with E-state index in [1.807, 2.05) is 4.90 Å². The summed E-state index contributed by atoms with van der Waals surface area (Å²) in [6, 6.07) is 5.66. The van der Waals surface area contributed by atoms with E-state index in [9.17, 15) is 9.18 Å². The maximum Gasteiger partial charge on any atom is 0.249 e. The fourth-order valence-corrected chi connectivity index (χ4v) is 3.12. The zero-order valence-electron chi connectivity index (χ0n) is 15.4. The zero-order chi connectivity index (χ0) is 19.1. The molecular formula is C19H24FN3O4. The number of likely N-dealkylation sites (tertiary alicyclic amines) is 1. The molecule has 1 fully saturated rings. The summed E-state index contributed by atoms with van der Waals surface area (Å²) in [5.41, 5.74) is 0. The van der Waals surface area contributed by atoms with Crippen molar-refractivity contribution in [3.8, 4) is 5.75 Å². The molecule has 3 rings (SSSR count). The molecule has 0 spiro atoms. The highest BCUT2D eigenvalue weighted by molar-refractivity contribution is 5.76. The van der Waals surface area contributed by atoms with Crippen LogP contribution in [-0.4, -0.2) is 47.8 Å². The van der Waals surface area contributed by atoms with E-state index in [1.165, 1.54) is 12.1 Å². The summed E-state index contributed by atoms with van der Waals surface area (Å²) in [6.45, 7) is 1.45. The Labute approximate surface area is 157 Å². The molecule has 146 valence electrons. The number of halogens is 1. The Bertz CT molecular complexity index is 735. The van der Waals surface area contributed by atoms with Gasteiger partial charge in [0.25, 0.3) is 0 Å². The third-order valence-corrected chi connectivity index (χ3v) is 4.52. The molecule has 1 aromatic heterocycles. The Kier molecular flexibility index (Phi) is 6.75. The number of ether oxygens (including phenoxy) is 2. The largest absolute Gasteiger partial charge is 0.493 e. The van der Waals surface area contributed by atoms with Gasteiger partial charge in [-0.3, -0.25) is 4.79 Å². The number of methoxy groups -OCH3 is 1. The molecule has 0 aliphatic carbocycles. The van der Waals surface area contributed by atoms with Crippen LogP contribution in [0.4, 0.5) is 4.39 Å². The third-order valence-electron chi connectivity index (χ3n) is 4.52. The van der Waals surface area contributed by atoms with Gasteiger partial charge in [0.15, 0.2) is 5.82 Å². The molecule has 27 heavy (non-hydrogen) atoms. The van der Waals surface area contributed by atoms with Gasteiger partial charge in [-0.1, -0.05) is 5.16 Å². The summed E-state index contributed by atoms with van der Waals surface area (Å²) in [7, 11) is 1.58. The lowest BCUT2D eigenvalue weighted by Crippen LogP contribution is -2.39. The predicted octanol–water partition coefficient (Wildman–Crippen LogP) is 2.92. The van der Waals surface area contributed by atoms with Crippen LogP contribution < -0.4 is 4.74 Å². The van der Waals surface area contributed by atoms with Crippen molar-refractivity contribution < 1.29 is 23.2 Å². The number of hydrogen-bond acceptors (Lipinski definition) is 6. The summed E-state index contributed by atoms with van der Waals surface area (Å²) < 4.78 is 28.9. The minimum atomic E-state index is -0.303. The monoisotopic (exact) mass is 377 g/mol. The normalized spacial score (nSPS) is 17.1. The van der Waals surface area contributed by atoms with Gasteiger partial charge in [0.05, 0.1) is 19.6 Å². The van der Waals surface area contributed by atoms with Crippen LogP contribution in [0.3, 0.4) is 0 Å². The quantitative estimate of drug-likeness (QED) is 0.704. The molecule has 7 nitrogen and oxygen atoms in total. The lowest BCUT2D eigenvalue weighted by atomic mass is 10.0. The van der Waals surface area contributed by atoms with Crippen LogP contribution in [0.2, 0.25) is 0 Å². The first-order chi connectivity index (χ1) is 13.2. The Hall–Kier alpha value is -2.48. The van der Waals surface area contributed by atoms with Gasteiger partial charge in [0.2, 0.25) is 11.8 Å². The van der Waals surface area contributed by atoms with Gasteiger partial charge in [-0.2, -0.15) is 4.98 Å². The van der Waals surface area contributed by atoms with Gasteiger partial charge in [-0.25, -0.2) is 4.39 Å². The van der Waals surface area contributed by atoms with Crippen molar-refractivity contribution in [2.45, 2.75) is 38.1 Å². The Balaban J connectivity index is 1.56. The fraction of sp³-hybridized carbons (Fsp3) is 0.526. The molecule has 1 unspecified atom stereocenters. The van der Waals surface area contributed by atoms with E-state index >= 15 is 0 Å². The highest BCUT2D eigenvalue weighted by Gasteiger charge is 2.31. The predicted molar refractivity (Wildman–Crippen MR) is 94.7 cm³/mol. The molecule has 2 aromatic rings. The van der Waals surface area contributed by atoms with E-state index in [-0.39, 0.29) is 17.8 Å². The van der Waals surface area contributed by atoms with Crippen molar-refractivity contribution >= 4 is 5.91 Å². The van der Waals surface area contributed by atoms with Crippen LogP contribution in [0.15, 0.2) is 28.8 Å². The van der Waals surface area contributed by atoms with E-state index in [1.54, 1.807) is 19.2 Å². The average molecular weight is 377 g/mol. The number of nitrogens with zero attached hydrogens (tertiary/aromatic N) is 3. The highest BCUT2D eigenvalue weighted by atomic mass is 19.1. The van der Waals surface area contributed by atoms with Gasteiger partial charge in [-0.15, -0.1) is 0 Å². The number of carbonyl (C=O) groups excluding carboxylic acids is 1. The molecule has 1 aromatic carbocycles. The topological polar surface area (TPSA) is 77.7 Å². The number of hydrogen-bond donors (Lipinski definition) is 0. The van der Waals surface area contributed by atoms with Crippen molar-refractivity contribution in [1.29, 1.82) is 0 Å². The second kappa shape index (κ2) is 9.45. The molecule has 0 radical (unpaired) electrons. The van der Waals surface area contributed by atoms with Crippen LogP contribution in [0.1, 0.15) is 43.4 Å². The molecule has 2 heterocycles. The summed E-state index contributed by atoms with van der Waals surface area (Å²) >= 11 is 0. The number of piperidine rings is 1. The molecule has 8 heteroatoms. The van der Waals surface area contributed by atoms with Crippen LogP contribution >= 0.6 is 0 Å². The van der Waals surface area contributed by atoms with Crippen LogP contribution in [0.25, 0.3) is 0 Å². The Morgan fingerprint density at radius 3 is 2.89 bits per heavy atom. The van der Waals surface area contributed by atoms with E-state index in [0.717, 1.165) is 19.3 Å². The first-order valence-corrected chi connectivity index (χ1v) is 9.16. The summed E-state index contributed by atoms with van der Waals surface area (Å²) in [5, 5.41) is 4.00. The lowest BCUT2D eigenvalue weighted by Gasteiger charge is -2.33. The first-order valence-electron chi connectivity index (χ1n) is 9.16. The summed E-state index contributed by atoms with van der Waals surface area (Å²) in [6.07, 6.45) is 3.61. The number of amides is 1. The van der Waals surface area contributed by atoms with Crippen LogP contribution in [-0.2, 0) is 16.0 Å². The minimum Gasteiger partial charge on any atom is -0.493 e. The zero-order valence-corrected chi connectivity index (χ0v) is 15.4. The van der Waals surface area contributed by atoms with Gasteiger partial charge < -0.3 is 18.9 Å². The first kappa shape index (κ1) is 19.3. The Morgan fingerprint density at radius 2 is 2.11 bits per heavy atom. The molecule has 1 saturated heterocycles. The van der Waals surface area contributed by atoms with Crippen molar-refractivity contribution in [1.82, 2.24) is 15.0 Å². The van der Waals surface area contributed by atoms with Gasteiger partial charge >= 0.3 is 0 Å². The van der Waals surface area contributed by atoms with E-state index < -0.39 is 0 Å². The van der Waals surface area contributed by atoms with Crippen molar-refractivity contribution in [3.05, 3.63) is 41.8 Å². The highest BCUT2D eigenvalue weighted by Crippen LogP contribution is 2.30. The Morgan fingerprint density at radius 1 is 1.30 bits per heavy atom. The molecular weight excluding hydrogens is 353 g/mol. The SMILES string of the molecule is COCCC(=O)N1CCCCC1c1nc(CCOc2ccc(F)cc2)no1. The van der Waals surface area contributed by atoms with Crippen molar-refractivity contribution in [3.63, 3.8) is 0 Å².